The van der Waals surface area contributed by atoms with E-state index in [1.54, 1.807) is 0 Å². The standard InChI is InChI=1S/C10H8F6O/c1-6-2-7(10(14,15)16)4-8(3-6)17-5-9(11,12)13/h2-4H,5H2,1H3. The average molecular weight is 258 g/mol. The monoisotopic (exact) mass is 258 g/mol. The van der Waals surface area contributed by atoms with E-state index in [9.17, 15) is 26.3 Å². The fourth-order valence-corrected chi connectivity index (χ4v) is 1.16. The second-order valence-corrected chi connectivity index (χ2v) is 3.44. The molecule has 0 spiro atoms. The molecule has 0 saturated heterocycles. The van der Waals surface area contributed by atoms with Crippen LogP contribution in [0.1, 0.15) is 11.1 Å². The molecule has 0 aliphatic heterocycles. The molecule has 0 aliphatic carbocycles. The molecular formula is C10H8F6O. The van der Waals surface area contributed by atoms with Gasteiger partial charge >= 0.3 is 12.4 Å². The number of ether oxygens (including phenoxy) is 1. The minimum atomic E-state index is -4.61. The van der Waals surface area contributed by atoms with Gasteiger partial charge in [-0.25, -0.2) is 0 Å². The third-order valence-corrected chi connectivity index (χ3v) is 1.78. The van der Waals surface area contributed by atoms with Gasteiger partial charge in [-0.05, 0) is 30.7 Å². The predicted octanol–water partition coefficient (Wildman–Crippen LogP) is 3.95. The lowest BCUT2D eigenvalue weighted by atomic mass is 10.1. The summed E-state index contributed by atoms with van der Waals surface area (Å²) in [5.41, 5.74) is -0.855. The van der Waals surface area contributed by atoms with E-state index in [2.05, 4.69) is 4.74 Å². The molecule has 0 amide bonds. The van der Waals surface area contributed by atoms with Gasteiger partial charge in [-0.15, -0.1) is 0 Å². The van der Waals surface area contributed by atoms with Crippen LogP contribution in [0.25, 0.3) is 0 Å². The number of hydrogen-bond acceptors (Lipinski definition) is 1. The quantitative estimate of drug-likeness (QED) is 0.730. The average Bonchev–Trinajstić information content (AvgIpc) is 2.11. The van der Waals surface area contributed by atoms with E-state index in [0.717, 1.165) is 12.1 Å². The summed E-state index contributed by atoms with van der Waals surface area (Å²) in [7, 11) is 0. The Labute approximate surface area is 93.0 Å². The lowest BCUT2D eigenvalue weighted by Gasteiger charge is -2.12. The largest absolute Gasteiger partial charge is 0.484 e. The topological polar surface area (TPSA) is 9.23 Å². The maximum atomic E-state index is 12.3. The highest BCUT2D eigenvalue weighted by molar-refractivity contribution is 5.35. The van der Waals surface area contributed by atoms with Crippen molar-refractivity contribution in [1.82, 2.24) is 0 Å². The zero-order valence-electron chi connectivity index (χ0n) is 8.62. The van der Waals surface area contributed by atoms with Crippen LogP contribution in [0.4, 0.5) is 26.3 Å². The molecule has 1 aromatic rings. The summed E-state index contributed by atoms with van der Waals surface area (Å²) < 4.78 is 76.8. The van der Waals surface area contributed by atoms with Crippen LogP contribution in [-0.2, 0) is 6.18 Å². The first-order valence-corrected chi connectivity index (χ1v) is 4.46. The number of hydrogen-bond donors (Lipinski definition) is 0. The Morgan fingerprint density at radius 1 is 1.00 bits per heavy atom. The van der Waals surface area contributed by atoms with Crippen LogP contribution < -0.4 is 4.74 Å². The predicted molar refractivity (Wildman–Crippen MR) is 47.7 cm³/mol. The molecule has 0 heterocycles. The van der Waals surface area contributed by atoms with Gasteiger partial charge in [0, 0.05) is 0 Å². The third kappa shape index (κ3) is 4.54. The molecule has 1 nitrogen and oxygen atoms in total. The highest BCUT2D eigenvalue weighted by atomic mass is 19.4. The molecule has 0 aliphatic rings. The smallest absolute Gasteiger partial charge is 0.422 e. The highest BCUT2D eigenvalue weighted by Gasteiger charge is 2.32. The summed E-state index contributed by atoms with van der Waals surface area (Å²) in [6.07, 6.45) is -9.19. The van der Waals surface area contributed by atoms with Gasteiger partial charge in [-0.2, -0.15) is 26.3 Å². The van der Waals surface area contributed by atoms with E-state index < -0.39 is 30.3 Å². The summed E-state index contributed by atoms with van der Waals surface area (Å²) in [4.78, 5) is 0. The van der Waals surface area contributed by atoms with E-state index in [1.165, 1.54) is 6.92 Å². The Morgan fingerprint density at radius 3 is 2.06 bits per heavy atom. The van der Waals surface area contributed by atoms with E-state index in [1.807, 2.05) is 0 Å². The molecule has 0 aromatic heterocycles. The molecule has 17 heavy (non-hydrogen) atoms. The van der Waals surface area contributed by atoms with Crippen LogP contribution >= 0.6 is 0 Å². The number of halogens is 6. The number of aryl methyl sites for hydroxylation is 1. The van der Waals surface area contributed by atoms with Crippen molar-refractivity contribution in [1.29, 1.82) is 0 Å². The van der Waals surface area contributed by atoms with Crippen LogP contribution in [0.15, 0.2) is 18.2 Å². The third-order valence-electron chi connectivity index (χ3n) is 1.78. The van der Waals surface area contributed by atoms with Crippen molar-refractivity contribution in [3.63, 3.8) is 0 Å². The molecule has 0 unspecified atom stereocenters. The summed E-state index contributed by atoms with van der Waals surface area (Å²) >= 11 is 0. The lowest BCUT2D eigenvalue weighted by molar-refractivity contribution is -0.153. The van der Waals surface area contributed by atoms with Crippen molar-refractivity contribution >= 4 is 0 Å². The Kier molecular flexibility index (Phi) is 3.59. The van der Waals surface area contributed by atoms with Crippen molar-refractivity contribution < 1.29 is 31.1 Å². The number of alkyl halides is 6. The van der Waals surface area contributed by atoms with Crippen LogP contribution in [0, 0.1) is 6.92 Å². The fourth-order valence-electron chi connectivity index (χ4n) is 1.16. The SMILES string of the molecule is Cc1cc(OCC(F)(F)F)cc(C(F)(F)F)c1. The molecule has 0 radical (unpaired) electrons. The minimum Gasteiger partial charge on any atom is -0.484 e. The van der Waals surface area contributed by atoms with Gasteiger partial charge in [0.2, 0.25) is 0 Å². The number of rotatable bonds is 2. The van der Waals surface area contributed by atoms with Gasteiger partial charge in [0.15, 0.2) is 6.61 Å². The molecule has 0 N–H and O–H groups in total. The first-order valence-electron chi connectivity index (χ1n) is 4.46. The molecule has 7 heteroatoms. The highest BCUT2D eigenvalue weighted by Crippen LogP contribution is 2.32. The second kappa shape index (κ2) is 4.46. The first kappa shape index (κ1) is 13.7. The summed E-state index contributed by atoms with van der Waals surface area (Å²) in [5, 5.41) is 0. The van der Waals surface area contributed by atoms with Crippen molar-refractivity contribution in [2.75, 3.05) is 6.61 Å². The molecule has 1 aromatic carbocycles. The van der Waals surface area contributed by atoms with Crippen LogP contribution in [0.3, 0.4) is 0 Å². The van der Waals surface area contributed by atoms with E-state index in [4.69, 9.17) is 0 Å². The van der Waals surface area contributed by atoms with E-state index >= 15 is 0 Å². The van der Waals surface area contributed by atoms with Gasteiger partial charge in [-0.1, -0.05) is 0 Å². The maximum Gasteiger partial charge on any atom is 0.422 e. The molecular weight excluding hydrogens is 250 g/mol. The minimum absolute atomic E-state index is 0.178. The van der Waals surface area contributed by atoms with E-state index in [0.29, 0.717) is 6.07 Å². The van der Waals surface area contributed by atoms with Crippen molar-refractivity contribution in [2.24, 2.45) is 0 Å². The Balaban J connectivity index is 2.91. The first-order chi connectivity index (χ1) is 7.58. The summed E-state index contributed by atoms with van der Waals surface area (Å²) in [6, 6.07) is 2.49. The lowest BCUT2D eigenvalue weighted by Crippen LogP contribution is -2.19. The van der Waals surface area contributed by atoms with Gasteiger partial charge in [0.05, 0.1) is 5.56 Å². The molecule has 1 rings (SSSR count). The summed E-state index contributed by atoms with van der Waals surface area (Å²) in [5.74, 6) is -0.449. The molecule has 96 valence electrons. The zero-order valence-corrected chi connectivity index (χ0v) is 8.62. The zero-order chi connectivity index (χ0) is 13.3. The van der Waals surface area contributed by atoms with Gasteiger partial charge in [0.1, 0.15) is 5.75 Å². The van der Waals surface area contributed by atoms with Gasteiger partial charge in [-0.3, -0.25) is 0 Å². The van der Waals surface area contributed by atoms with Crippen LogP contribution in [0.5, 0.6) is 5.75 Å². The van der Waals surface area contributed by atoms with Crippen molar-refractivity contribution in [3.05, 3.63) is 29.3 Å². The second-order valence-electron chi connectivity index (χ2n) is 3.44. The fraction of sp³-hybridized carbons (Fsp3) is 0.400. The molecule has 0 fully saturated rings. The van der Waals surface area contributed by atoms with Crippen molar-refractivity contribution in [3.8, 4) is 5.75 Å². The molecule has 0 bridgehead atoms. The van der Waals surface area contributed by atoms with Crippen LogP contribution in [-0.4, -0.2) is 12.8 Å². The molecule has 0 atom stereocenters. The summed E-state index contributed by atoms with van der Waals surface area (Å²) in [6.45, 7) is -0.274. The van der Waals surface area contributed by atoms with Crippen LogP contribution in [0.2, 0.25) is 0 Å². The Hall–Kier alpha value is -1.40. The Bertz CT molecular complexity index is 393. The van der Waals surface area contributed by atoms with E-state index in [-0.39, 0.29) is 5.56 Å². The van der Waals surface area contributed by atoms with Crippen molar-refractivity contribution in [2.45, 2.75) is 19.3 Å². The maximum absolute atomic E-state index is 12.3. The molecule has 0 saturated carbocycles. The number of benzene rings is 1. The van der Waals surface area contributed by atoms with Gasteiger partial charge < -0.3 is 4.74 Å². The normalized spacial score (nSPS) is 12.6. The van der Waals surface area contributed by atoms with Gasteiger partial charge in [0.25, 0.3) is 0 Å². The Morgan fingerprint density at radius 2 is 1.59 bits per heavy atom.